The summed E-state index contributed by atoms with van der Waals surface area (Å²) in [5.74, 6) is 0.0466. The Balaban J connectivity index is 1.43. The number of pyridine rings is 1. The minimum atomic E-state index is -0.797. The van der Waals surface area contributed by atoms with Gasteiger partial charge >= 0.3 is 5.69 Å². The fourth-order valence-corrected chi connectivity index (χ4v) is 5.28. The van der Waals surface area contributed by atoms with Gasteiger partial charge in [0.2, 0.25) is 0 Å². The van der Waals surface area contributed by atoms with E-state index in [1.54, 1.807) is 19.3 Å². The molecule has 1 fully saturated rings. The van der Waals surface area contributed by atoms with Crippen molar-refractivity contribution in [2.45, 2.75) is 51.7 Å². The molecule has 3 aromatic heterocycles. The Bertz CT molecular complexity index is 1390. The molecule has 7 nitrogen and oxygen atoms in total. The van der Waals surface area contributed by atoms with E-state index in [0.29, 0.717) is 17.1 Å². The molecule has 0 spiro atoms. The molecule has 1 aromatic carbocycles. The van der Waals surface area contributed by atoms with Gasteiger partial charge in [0.25, 0.3) is 0 Å². The molecule has 4 aromatic rings. The molecule has 1 unspecified atom stereocenters. The molecular weight excluding hydrogens is 480 g/mol. The number of hydrogen-bond donors (Lipinski definition) is 1. The van der Waals surface area contributed by atoms with Crippen molar-refractivity contribution in [3.8, 4) is 11.1 Å². The highest BCUT2D eigenvalue weighted by Crippen LogP contribution is 2.33. The fourth-order valence-electron chi connectivity index (χ4n) is 4.60. The Morgan fingerprint density at radius 1 is 1.21 bits per heavy atom. The quantitative estimate of drug-likeness (QED) is 0.337. The first kappa shape index (κ1) is 22.9. The molecule has 0 radical (unpaired) electrons. The molecule has 10 heteroatoms. The number of fused-ring (bicyclic) bond motifs is 1. The largest absolute Gasteiger partial charge is 0.401 e. The van der Waals surface area contributed by atoms with Crippen molar-refractivity contribution >= 4 is 34.4 Å². The maximum Gasteiger partial charge on any atom is 0.360 e. The van der Waals surface area contributed by atoms with Gasteiger partial charge in [-0.1, -0.05) is 42.5 Å². The van der Waals surface area contributed by atoms with Gasteiger partial charge < -0.3 is 4.84 Å². The summed E-state index contributed by atoms with van der Waals surface area (Å²) < 4.78 is 17.1. The maximum atomic E-state index is 14.0. The summed E-state index contributed by atoms with van der Waals surface area (Å²) >= 11 is 12.3. The summed E-state index contributed by atoms with van der Waals surface area (Å²) in [6, 6.07) is 4.40. The predicted molar refractivity (Wildman–Crippen MR) is 130 cm³/mol. The average molecular weight is 504 g/mol. The van der Waals surface area contributed by atoms with Crippen molar-refractivity contribution in [2.24, 2.45) is 5.92 Å². The van der Waals surface area contributed by atoms with Gasteiger partial charge in [-0.3, -0.25) is 9.67 Å². The third-order valence-corrected chi connectivity index (χ3v) is 7.10. The number of nitrogens with zero attached hydrogens (tertiary/aromatic N) is 4. The first-order chi connectivity index (χ1) is 16.4. The van der Waals surface area contributed by atoms with Crippen LogP contribution < -0.4 is 10.5 Å². The van der Waals surface area contributed by atoms with Crippen molar-refractivity contribution in [1.82, 2.24) is 24.5 Å². The fraction of sp³-hybridized carbons (Fsp3) is 0.375. The smallest absolute Gasteiger partial charge is 0.360 e. The molecule has 0 aliphatic heterocycles. The zero-order chi connectivity index (χ0) is 23.8. The van der Waals surface area contributed by atoms with Crippen LogP contribution in [0.5, 0.6) is 0 Å². The van der Waals surface area contributed by atoms with Crippen molar-refractivity contribution < 1.29 is 9.23 Å². The number of rotatable bonds is 6. The Labute approximate surface area is 205 Å². The summed E-state index contributed by atoms with van der Waals surface area (Å²) in [5.41, 5.74) is 2.26. The second kappa shape index (κ2) is 9.43. The number of aromatic amines is 1. The maximum absolute atomic E-state index is 14.0. The first-order valence-electron chi connectivity index (χ1n) is 11.3. The molecule has 34 heavy (non-hydrogen) atoms. The van der Waals surface area contributed by atoms with Gasteiger partial charge in [0.15, 0.2) is 11.8 Å². The van der Waals surface area contributed by atoms with Crippen LogP contribution in [0.1, 0.15) is 50.7 Å². The molecule has 5 rings (SSSR count). The highest BCUT2D eigenvalue weighted by atomic mass is 35.5. The van der Waals surface area contributed by atoms with Crippen molar-refractivity contribution in [3.05, 3.63) is 68.7 Å². The minimum absolute atomic E-state index is 0.142. The lowest BCUT2D eigenvalue weighted by atomic mass is 9.89. The second-order valence-electron chi connectivity index (χ2n) is 8.78. The molecule has 1 aliphatic rings. The molecule has 0 saturated heterocycles. The van der Waals surface area contributed by atoms with E-state index in [-0.39, 0.29) is 15.6 Å². The Morgan fingerprint density at radius 2 is 2.00 bits per heavy atom. The van der Waals surface area contributed by atoms with Crippen LogP contribution in [0, 0.1) is 11.7 Å². The van der Waals surface area contributed by atoms with Crippen molar-refractivity contribution in [1.29, 1.82) is 0 Å². The highest BCUT2D eigenvalue weighted by molar-refractivity contribution is 6.36. The Kier molecular flexibility index (Phi) is 6.36. The van der Waals surface area contributed by atoms with E-state index in [2.05, 4.69) is 15.1 Å². The lowest BCUT2D eigenvalue weighted by Crippen LogP contribution is -2.26. The lowest BCUT2D eigenvalue weighted by molar-refractivity contribution is 0.0492. The standard InChI is InChI=1S/C24H24Cl2FN5O2/c1-14(21-18(25)7-8-19(27)22(21)26)34-32-20-9-16(10-28-23(20)30-24(32)33)17-11-29-31(13-17)12-15-5-3-2-4-6-15/h7-11,13-15H,2-6,12H2,1H3,(H,28,30,33). The van der Waals surface area contributed by atoms with E-state index in [4.69, 9.17) is 28.0 Å². The average Bonchev–Trinajstić information content (AvgIpc) is 3.41. The van der Waals surface area contributed by atoms with E-state index in [9.17, 15) is 9.18 Å². The summed E-state index contributed by atoms with van der Waals surface area (Å²) in [5, 5.41) is 4.63. The third kappa shape index (κ3) is 4.44. The summed E-state index contributed by atoms with van der Waals surface area (Å²) in [7, 11) is 0. The van der Waals surface area contributed by atoms with Gasteiger partial charge in [-0.2, -0.15) is 5.10 Å². The number of aromatic nitrogens is 5. The van der Waals surface area contributed by atoms with E-state index < -0.39 is 17.6 Å². The van der Waals surface area contributed by atoms with Crippen LogP contribution >= 0.6 is 23.2 Å². The zero-order valence-electron chi connectivity index (χ0n) is 18.6. The first-order valence-corrected chi connectivity index (χ1v) is 12.1. The van der Waals surface area contributed by atoms with Crippen LogP contribution in [-0.2, 0) is 6.54 Å². The van der Waals surface area contributed by atoms with Gasteiger partial charge in [-0.25, -0.2) is 14.2 Å². The molecule has 0 amide bonds. The molecule has 0 bridgehead atoms. The van der Waals surface area contributed by atoms with Crippen LogP contribution in [0.2, 0.25) is 10.0 Å². The number of benzene rings is 1. The molecule has 1 N–H and O–H groups in total. The predicted octanol–water partition coefficient (Wildman–Crippen LogP) is 5.80. The van der Waals surface area contributed by atoms with Gasteiger partial charge in [-0.05, 0) is 43.9 Å². The SMILES string of the molecule is CC(On1c(=O)[nH]c2ncc(-c3cnn(CC4CCCCC4)c3)cc21)c1c(Cl)ccc(F)c1Cl. The van der Waals surface area contributed by atoms with Gasteiger partial charge in [-0.15, -0.1) is 4.73 Å². The van der Waals surface area contributed by atoms with Crippen LogP contribution in [0.4, 0.5) is 4.39 Å². The van der Waals surface area contributed by atoms with E-state index in [1.165, 1.54) is 44.2 Å². The number of halogens is 3. The number of imidazole rings is 1. The van der Waals surface area contributed by atoms with Crippen molar-refractivity contribution in [2.75, 3.05) is 0 Å². The van der Waals surface area contributed by atoms with Crippen molar-refractivity contribution in [3.63, 3.8) is 0 Å². The highest BCUT2D eigenvalue weighted by Gasteiger charge is 2.21. The Morgan fingerprint density at radius 3 is 2.79 bits per heavy atom. The van der Waals surface area contributed by atoms with E-state index in [1.807, 2.05) is 16.9 Å². The third-order valence-electron chi connectivity index (χ3n) is 6.38. The van der Waals surface area contributed by atoms with Crippen LogP contribution in [-0.4, -0.2) is 24.5 Å². The van der Waals surface area contributed by atoms with Gasteiger partial charge in [0, 0.05) is 40.7 Å². The lowest BCUT2D eigenvalue weighted by Gasteiger charge is -2.21. The van der Waals surface area contributed by atoms with E-state index in [0.717, 1.165) is 22.4 Å². The topological polar surface area (TPSA) is 77.7 Å². The normalized spacial score (nSPS) is 15.6. The molecule has 3 heterocycles. The van der Waals surface area contributed by atoms with Crippen LogP contribution in [0.25, 0.3) is 22.3 Å². The second-order valence-corrected chi connectivity index (χ2v) is 9.56. The molecule has 1 aliphatic carbocycles. The minimum Gasteiger partial charge on any atom is -0.401 e. The Hall–Kier alpha value is -2.84. The van der Waals surface area contributed by atoms with Gasteiger partial charge in [0.1, 0.15) is 11.3 Å². The monoisotopic (exact) mass is 503 g/mol. The number of H-pyrrole nitrogens is 1. The van der Waals surface area contributed by atoms with E-state index >= 15 is 0 Å². The molecule has 1 atom stereocenters. The summed E-state index contributed by atoms with van der Waals surface area (Å²) in [6.45, 7) is 2.55. The molecular formula is C24H24Cl2FN5O2. The number of hydrogen-bond acceptors (Lipinski definition) is 4. The van der Waals surface area contributed by atoms with Crippen LogP contribution in [0.15, 0.2) is 41.6 Å². The molecule has 178 valence electrons. The van der Waals surface area contributed by atoms with Crippen LogP contribution in [0.3, 0.4) is 0 Å². The van der Waals surface area contributed by atoms with Gasteiger partial charge in [0.05, 0.1) is 11.2 Å². The zero-order valence-corrected chi connectivity index (χ0v) is 20.1. The molecule has 1 saturated carbocycles. The number of nitrogens with one attached hydrogen (secondary N) is 1. The summed E-state index contributed by atoms with van der Waals surface area (Å²) in [4.78, 5) is 25.5. The summed E-state index contributed by atoms with van der Waals surface area (Å²) in [6.07, 6.45) is 11.1.